The van der Waals surface area contributed by atoms with Crippen LogP contribution < -0.4 is 4.74 Å². The Bertz CT molecular complexity index is 1060. The van der Waals surface area contributed by atoms with Gasteiger partial charge in [-0.3, -0.25) is 4.90 Å². The number of aliphatic hydroxyl groups is 1. The van der Waals surface area contributed by atoms with E-state index in [1.807, 2.05) is 93.9 Å². The van der Waals surface area contributed by atoms with Crippen LogP contribution in [0, 0.1) is 13.8 Å². The molecule has 0 spiro atoms. The van der Waals surface area contributed by atoms with Gasteiger partial charge in [-0.2, -0.15) is 5.10 Å². The molecule has 7 nitrogen and oxygen atoms in total. The lowest BCUT2D eigenvalue weighted by atomic mass is 10.2. The molecule has 0 saturated carbocycles. The standard InChI is InChI=1S/C28H39N3O4/c1-21-11-10-14-25(17-21)35-27-26(22(2)29-31(27)23-12-8-7-9-13-23)19-30(15-16-33-6)18-24(32)20-34-28(3,4)5/h7-14,17,24,32H,15-16,18-20H2,1-6H3/t24-/m1/s1. The first-order chi connectivity index (χ1) is 16.7. The summed E-state index contributed by atoms with van der Waals surface area (Å²) in [5.41, 5.74) is 3.58. The molecule has 0 amide bonds. The predicted molar refractivity (Wildman–Crippen MR) is 138 cm³/mol. The first-order valence-electron chi connectivity index (χ1n) is 12.1. The van der Waals surface area contributed by atoms with Gasteiger partial charge in [0.25, 0.3) is 0 Å². The maximum Gasteiger partial charge on any atom is 0.227 e. The average Bonchev–Trinajstić information content (AvgIpc) is 3.11. The first kappa shape index (κ1) is 26.9. The minimum Gasteiger partial charge on any atom is -0.439 e. The first-order valence-corrected chi connectivity index (χ1v) is 12.1. The fourth-order valence-corrected chi connectivity index (χ4v) is 3.74. The molecule has 0 aliphatic rings. The van der Waals surface area contributed by atoms with Crippen LogP contribution in [0.4, 0.5) is 0 Å². The summed E-state index contributed by atoms with van der Waals surface area (Å²) in [5, 5.41) is 15.5. The monoisotopic (exact) mass is 481 g/mol. The third-order valence-electron chi connectivity index (χ3n) is 5.51. The molecule has 190 valence electrons. The fourth-order valence-electron chi connectivity index (χ4n) is 3.74. The number of aliphatic hydroxyl groups excluding tert-OH is 1. The highest BCUT2D eigenvalue weighted by atomic mass is 16.5. The second-order valence-electron chi connectivity index (χ2n) is 9.84. The van der Waals surface area contributed by atoms with Crippen LogP contribution in [0.5, 0.6) is 11.6 Å². The summed E-state index contributed by atoms with van der Waals surface area (Å²) in [6, 6.07) is 18.0. The highest BCUT2D eigenvalue weighted by Crippen LogP contribution is 2.32. The number of aryl methyl sites for hydroxylation is 2. The van der Waals surface area contributed by atoms with Gasteiger partial charge in [-0.1, -0.05) is 30.3 Å². The van der Waals surface area contributed by atoms with E-state index in [4.69, 9.17) is 19.3 Å². The molecule has 0 saturated heterocycles. The number of nitrogens with zero attached hydrogens (tertiary/aromatic N) is 3. The Hall–Kier alpha value is -2.71. The van der Waals surface area contributed by atoms with E-state index < -0.39 is 6.10 Å². The Morgan fingerprint density at radius 1 is 1.06 bits per heavy atom. The molecule has 0 unspecified atom stereocenters. The van der Waals surface area contributed by atoms with Crippen LogP contribution >= 0.6 is 0 Å². The topological polar surface area (TPSA) is 69.0 Å². The Morgan fingerprint density at radius 3 is 2.46 bits per heavy atom. The molecule has 7 heteroatoms. The highest BCUT2D eigenvalue weighted by molar-refractivity contribution is 5.43. The van der Waals surface area contributed by atoms with Gasteiger partial charge in [-0.15, -0.1) is 0 Å². The molecule has 0 radical (unpaired) electrons. The van der Waals surface area contributed by atoms with Gasteiger partial charge in [0.2, 0.25) is 5.88 Å². The number of ether oxygens (including phenoxy) is 3. The maximum absolute atomic E-state index is 10.7. The minimum atomic E-state index is -0.628. The van der Waals surface area contributed by atoms with Crippen molar-refractivity contribution in [3.05, 3.63) is 71.4 Å². The summed E-state index contributed by atoms with van der Waals surface area (Å²) >= 11 is 0. The van der Waals surface area contributed by atoms with Crippen molar-refractivity contribution >= 4 is 0 Å². The zero-order valence-electron chi connectivity index (χ0n) is 21.8. The Labute approximate surface area is 209 Å². The van der Waals surface area contributed by atoms with Gasteiger partial charge in [0.15, 0.2) is 0 Å². The van der Waals surface area contributed by atoms with Gasteiger partial charge in [-0.05, 0) is 64.4 Å². The molecule has 3 aromatic rings. The summed E-state index contributed by atoms with van der Waals surface area (Å²) < 4.78 is 19.4. The Morgan fingerprint density at radius 2 is 1.80 bits per heavy atom. The van der Waals surface area contributed by atoms with Crippen molar-refractivity contribution in [2.45, 2.75) is 52.9 Å². The van der Waals surface area contributed by atoms with Crippen LogP contribution in [-0.2, 0) is 16.0 Å². The summed E-state index contributed by atoms with van der Waals surface area (Å²) in [6.07, 6.45) is -0.628. The van der Waals surface area contributed by atoms with Gasteiger partial charge < -0.3 is 19.3 Å². The van der Waals surface area contributed by atoms with Gasteiger partial charge in [0, 0.05) is 26.7 Å². The van der Waals surface area contributed by atoms with Gasteiger partial charge in [-0.25, -0.2) is 4.68 Å². The predicted octanol–water partition coefficient (Wildman–Crippen LogP) is 4.91. The van der Waals surface area contributed by atoms with E-state index in [2.05, 4.69) is 4.90 Å². The van der Waals surface area contributed by atoms with Crippen molar-refractivity contribution in [2.75, 3.05) is 33.4 Å². The number of hydrogen-bond donors (Lipinski definition) is 1. The number of benzene rings is 2. The van der Waals surface area contributed by atoms with E-state index in [1.54, 1.807) is 7.11 Å². The lowest BCUT2D eigenvalue weighted by Crippen LogP contribution is -2.38. The molecule has 2 aromatic carbocycles. The third-order valence-corrected chi connectivity index (χ3v) is 5.51. The van der Waals surface area contributed by atoms with Crippen molar-refractivity contribution in [3.8, 4) is 17.3 Å². The third kappa shape index (κ3) is 8.18. The summed E-state index contributed by atoms with van der Waals surface area (Å²) in [6.45, 7) is 12.5. The van der Waals surface area contributed by atoms with E-state index in [0.29, 0.717) is 32.1 Å². The zero-order chi connectivity index (χ0) is 25.4. The van der Waals surface area contributed by atoms with Crippen LogP contribution in [0.3, 0.4) is 0 Å². The minimum absolute atomic E-state index is 0.266. The molecule has 1 aromatic heterocycles. The van der Waals surface area contributed by atoms with E-state index in [1.165, 1.54) is 0 Å². The Kier molecular flexibility index (Phi) is 9.46. The molecular formula is C28H39N3O4. The summed E-state index contributed by atoms with van der Waals surface area (Å²) in [4.78, 5) is 2.16. The molecule has 1 atom stereocenters. The second kappa shape index (κ2) is 12.3. The molecule has 3 rings (SSSR count). The lowest BCUT2D eigenvalue weighted by Gasteiger charge is -2.27. The summed E-state index contributed by atoms with van der Waals surface area (Å²) in [7, 11) is 1.68. The molecule has 0 fully saturated rings. The van der Waals surface area contributed by atoms with E-state index in [-0.39, 0.29) is 12.2 Å². The fraction of sp³-hybridized carbons (Fsp3) is 0.464. The molecular weight excluding hydrogens is 442 g/mol. The van der Waals surface area contributed by atoms with E-state index in [9.17, 15) is 5.11 Å². The largest absolute Gasteiger partial charge is 0.439 e. The van der Waals surface area contributed by atoms with Gasteiger partial charge in [0.1, 0.15) is 5.75 Å². The van der Waals surface area contributed by atoms with E-state index >= 15 is 0 Å². The molecule has 1 N–H and O–H groups in total. The van der Waals surface area contributed by atoms with Gasteiger partial charge >= 0.3 is 0 Å². The molecule has 0 aliphatic carbocycles. The van der Waals surface area contributed by atoms with Crippen molar-refractivity contribution < 1.29 is 19.3 Å². The maximum atomic E-state index is 10.7. The molecule has 0 bridgehead atoms. The smallest absolute Gasteiger partial charge is 0.227 e. The Balaban J connectivity index is 1.92. The lowest BCUT2D eigenvalue weighted by molar-refractivity contribution is -0.0577. The van der Waals surface area contributed by atoms with Crippen molar-refractivity contribution in [3.63, 3.8) is 0 Å². The number of hydrogen-bond acceptors (Lipinski definition) is 6. The highest BCUT2D eigenvalue weighted by Gasteiger charge is 2.23. The van der Waals surface area contributed by atoms with Crippen LogP contribution in [0.15, 0.2) is 54.6 Å². The van der Waals surface area contributed by atoms with Crippen molar-refractivity contribution in [1.29, 1.82) is 0 Å². The van der Waals surface area contributed by atoms with Crippen molar-refractivity contribution in [2.24, 2.45) is 0 Å². The normalized spacial score (nSPS) is 12.8. The quantitative estimate of drug-likeness (QED) is 0.397. The second-order valence-corrected chi connectivity index (χ2v) is 9.84. The molecule has 35 heavy (non-hydrogen) atoms. The number of para-hydroxylation sites is 1. The average molecular weight is 482 g/mol. The van der Waals surface area contributed by atoms with Crippen LogP contribution in [0.2, 0.25) is 0 Å². The number of rotatable bonds is 12. The molecule has 0 aliphatic heterocycles. The number of methoxy groups -OCH3 is 1. The van der Waals surface area contributed by atoms with Gasteiger partial charge in [0.05, 0.1) is 41.9 Å². The molecule has 1 heterocycles. The van der Waals surface area contributed by atoms with Crippen LogP contribution in [-0.4, -0.2) is 64.9 Å². The van der Waals surface area contributed by atoms with Crippen molar-refractivity contribution in [1.82, 2.24) is 14.7 Å². The van der Waals surface area contributed by atoms with E-state index in [0.717, 1.165) is 28.3 Å². The van der Waals surface area contributed by atoms with Crippen LogP contribution in [0.1, 0.15) is 37.6 Å². The zero-order valence-corrected chi connectivity index (χ0v) is 21.8. The van der Waals surface area contributed by atoms with Crippen LogP contribution in [0.25, 0.3) is 5.69 Å². The number of aromatic nitrogens is 2. The SMILES string of the molecule is COCCN(Cc1c(C)nn(-c2ccccc2)c1Oc1cccc(C)c1)C[C@@H](O)COC(C)(C)C. The summed E-state index contributed by atoms with van der Waals surface area (Å²) in [5.74, 6) is 1.42.